The van der Waals surface area contributed by atoms with Gasteiger partial charge in [0.1, 0.15) is 5.56 Å². The third kappa shape index (κ3) is 2.75. The van der Waals surface area contributed by atoms with Crippen LogP contribution in [-0.4, -0.2) is 30.1 Å². The van der Waals surface area contributed by atoms with Crippen LogP contribution in [0.3, 0.4) is 0 Å². The molecule has 0 amide bonds. The van der Waals surface area contributed by atoms with E-state index < -0.39 is 12.1 Å². The van der Waals surface area contributed by atoms with Crippen molar-refractivity contribution in [3.63, 3.8) is 0 Å². The lowest BCUT2D eigenvalue weighted by Gasteiger charge is -2.24. The number of carbonyl (C=O) groups is 2. The maximum Gasteiger partial charge on any atom is 0.343 e. The normalized spacial score (nSPS) is 16.4. The summed E-state index contributed by atoms with van der Waals surface area (Å²) in [5.74, 6) is -1.14. The molecular formula is C17H13ClO5. The highest BCUT2D eigenvalue weighted by Gasteiger charge is 2.34. The third-order valence-electron chi connectivity index (χ3n) is 3.73. The Kier molecular flexibility index (Phi) is 3.96. The van der Waals surface area contributed by atoms with Gasteiger partial charge in [0.15, 0.2) is 17.6 Å². The van der Waals surface area contributed by atoms with Crippen LogP contribution in [0.4, 0.5) is 0 Å². The van der Waals surface area contributed by atoms with Crippen molar-refractivity contribution in [2.45, 2.75) is 12.5 Å². The molecule has 1 N–H and O–H groups in total. The molecule has 2 aromatic rings. The average Bonchev–Trinajstić information content (AvgIpc) is 2.54. The second-order valence-electron chi connectivity index (χ2n) is 5.12. The number of fused-ring (bicyclic) bond motifs is 1. The van der Waals surface area contributed by atoms with Crippen LogP contribution >= 0.6 is 11.6 Å². The summed E-state index contributed by atoms with van der Waals surface area (Å²) in [7, 11) is 1.39. The molecule has 0 aliphatic carbocycles. The molecule has 0 spiro atoms. The Hall–Kier alpha value is -2.53. The topological polar surface area (TPSA) is 72.8 Å². The quantitative estimate of drug-likeness (QED) is 0.691. The van der Waals surface area contributed by atoms with Gasteiger partial charge in [-0.15, -0.1) is 0 Å². The van der Waals surface area contributed by atoms with Gasteiger partial charge in [0.05, 0.1) is 7.11 Å². The predicted octanol–water partition coefficient (Wildman–Crippen LogP) is 3.02. The highest BCUT2D eigenvalue weighted by atomic mass is 35.5. The van der Waals surface area contributed by atoms with E-state index in [2.05, 4.69) is 0 Å². The SMILES string of the molecule is COc1ccc2c(c1O)C(=O)OC(C(=O)c1ccc(Cl)cc1)C2. The van der Waals surface area contributed by atoms with Gasteiger partial charge in [0.2, 0.25) is 5.78 Å². The smallest absolute Gasteiger partial charge is 0.343 e. The summed E-state index contributed by atoms with van der Waals surface area (Å²) >= 11 is 5.80. The minimum atomic E-state index is -0.927. The fraction of sp³-hybridized carbons (Fsp3) is 0.176. The van der Waals surface area contributed by atoms with Crippen molar-refractivity contribution in [1.82, 2.24) is 0 Å². The standard InChI is InChI=1S/C17H13ClO5/c1-22-12-7-4-10-8-13(23-17(21)14(10)16(12)20)15(19)9-2-5-11(18)6-3-9/h2-7,13,20H,8H2,1H3. The monoisotopic (exact) mass is 332 g/mol. The summed E-state index contributed by atoms with van der Waals surface area (Å²) in [5, 5.41) is 10.6. The molecule has 0 saturated heterocycles. The van der Waals surface area contributed by atoms with Gasteiger partial charge in [0, 0.05) is 17.0 Å². The van der Waals surface area contributed by atoms with Crippen LogP contribution in [-0.2, 0) is 11.2 Å². The van der Waals surface area contributed by atoms with Gasteiger partial charge in [-0.3, -0.25) is 4.79 Å². The lowest BCUT2D eigenvalue weighted by molar-refractivity contribution is 0.0244. The summed E-state index contributed by atoms with van der Waals surface area (Å²) in [6, 6.07) is 9.57. The number of esters is 1. The number of hydrogen-bond donors (Lipinski definition) is 1. The number of carbonyl (C=O) groups excluding carboxylic acids is 2. The van der Waals surface area contributed by atoms with E-state index in [1.165, 1.54) is 7.11 Å². The third-order valence-corrected chi connectivity index (χ3v) is 3.98. The number of halogens is 1. The molecule has 1 atom stereocenters. The number of ketones is 1. The Bertz CT molecular complexity index is 782. The minimum absolute atomic E-state index is 0.0458. The second kappa shape index (κ2) is 5.93. The number of hydrogen-bond acceptors (Lipinski definition) is 5. The lowest BCUT2D eigenvalue weighted by Crippen LogP contribution is -2.34. The van der Waals surface area contributed by atoms with Gasteiger partial charge in [-0.1, -0.05) is 17.7 Å². The van der Waals surface area contributed by atoms with Crippen LogP contribution in [0.1, 0.15) is 26.3 Å². The van der Waals surface area contributed by atoms with Crippen LogP contribution in [0.15, 0.2) is 36.4 Å². The fourth-order valence-corrected chi connectivity index (χ4v) is 2.68. The molecule has 1 aliphatic heterocycles. The Balaban J connectivity index is 1.92. The van der Waals surface area contributed by atoms with Crippen LogP contribution < -0.4 is 4.74 Å². The van der Waals surface area contributed by atoms with Crippen molar-refractivity contribution >= 4 is 23.4 Å². The van der Waals surface area contributed by atoms with Crippen molar-refractivity contribution < 1.29 is 24.2 Å². The molecule has 5 nitrogen and oxygen atoms in total. The number of aromatic hydroxyl groups is 1. The molecule has 0 saturated carbocycles. The van der Waals surface area contributed by atoms with Crippen molar-refractivity contribution in [1.29, 1.82) is 0 Å². The van der Waals surface area contributed by atoms with E-state index >= 15 is 0 Å². The van der Waals surface area contributed by atoms with E-state index in [0.29, 0.717) is 16.1 Å². The van der Waals surface area contributed by atoms with Gasteiger partial charge >= 0.3 is 5.97 Å². The second-order valence-corrected chi connectivity index (χ2v) is 5.56. The van der Waals surface area contributed by atoms with Gasteiger partial charge in [-0.05, 0) is 35.9 Å². The molecular weight excluding hydrogens is 320 g/mol. The van der Waals surface area contributed by atoms with Gasteiger partial charge in [-0.2, -0.15) is 0 Å². The maximum atomic E-state index is 12.5. The molecule has 1 aliphatic rings. The molecule has 2 aromatic carbocycles. The summed E-state index contributed by atoms with van der Waals surface area (Å²) in [4.78, 5) is 24.6. The Labute approximate surface area is 137 Å². The minimum Gasteiger partial charge on any atom is -0.504 e. The number of Topliss-reactive ketones (excluding diaryl/α,β-unsaturated/α-hetero) is 1. The first kappa shape index (κ1) is 15.4. The van der Waals surface area contributed by atoms with Crippen LogP contribution in [0.25, 0.3) is 0 Å². The van der Waals surface area contributed by atoms with E-state index in [-0.39, 0.29) is 29.3 Å². The zero-order chi connectivity index (χ0) is 16.6. The molecule has 0 fully saturated rings. The predicted molar refractivity (Wildman–Crippen MR) is 83.3 cm³/mol. The molecule has 0 aromatic heterocycles. The number of rotatable bonds is 3. The van der Waals surface area contributed by atoms with E-state index in [0.717, 1.165) is 0 Å². The largest absolute Gasteiger partial charge is 0.504 e. The number of phenols is 1. The number of benzene rings is 2. The lowest BCUT2D eigenvalue weighted by atomic mass is 9.93. The fourth-order valence-electron chi connectivity index (χ4n) is 2.55. The van der Waals surface area contributed by atoms with Gasteiger partial charge in [0.25, 0.3) is 0 Å². The maximum absolute atomic E-state index is 12.5. The van der Waals surface area contributed by atoms with E-state index in [1.54, 1.807) is 36.4 Å². The average molecular weight is 333 g/mol. The van der Waals surface area contributed by atoms with Crippen LogP contribution in [0, 0.1) is 0 Å². The molecule has 1 heterocycles. The van der Waals surface area contributed by atoms with E-state index in [4.69, 9.17) is 21.1 Å². The Morgan fingerprint density at radius 1 is 1.26 bits per heavy atom. The van der Waals surface area contributed by atoms with Crippen molar-refractivity contribution in [3.8, 4) is 11.5 Å². The summed E-state index contributed by atoms with van der Waals surface area (Å²) in [6.45, 7) is 0. The molecule has 23 heavy (non-hydrogen) atoms. The van der Waals surface area contributed by atoms with Gasteiger partial charge in [-0.25, -0.2) is 4.79 Å². The van der Waals surface area contributed by atoms with Gasteiger partial charge < -0.3 is 14.6 Å². The Morgan fingerprint density at radius 2 is 1.96 bits per heavy atom. The summed E-state index contributed by atoms with van der Waals surface area (Å²) < 4.78 is 10.2. The summed E-state index contributed by atoms with van der Waals surface area (Å²) in [6.07, 6.45) is -0.732. The highest BCUT2D eigenvalue weighted by molar-refractivity contribution is 6.30. The zero-order valence-corrected chi connectivity index (χ0v) is 13.0. The molecule has 0 radical (unpaired) electrons. The molecule has 118 valence electrons. The van der Waals surface area contributed by atoms with E-state index in [9.17, 15) is 14.7 Å². The molecule has 6 heteroatoms. The first-order valence-corrected chi connectivity index (χ1v) is 7.28. The number of methoxy groups -OCH3 is 1. The molecule has 0 bridgehead atoms. The van der Waals surface area contributed by atoms with Crippen molar-refractivity contribution in [2.24, 2.45) is 0 Å². The summed E-state index contributed by atoms with van der Waals surface area (Å²) in [5.41, 5.74) is 1.00. The highest BCUT2D eigenvalue weighted by Crippen LogP contribution is 2.36. The van der Waals surface area contributed by atoms with Crippen LogP contribution in [0.5, 0.6) is 11.5 Å². The molecule has 3 rings (SSSR count). The van der Waals surface area contributed by atoms with Crippen molar-refractivity contribution in [2.75, 3.05) is 7.11 Å². The van der Waals surface area contributed by atoms with Crippen LogP contribution in [0.2, 0.25) is 5.02 Å². The number of phenolic OH excluding ortho intramolecular Hbond substituents is 1. The zero-order valence-electron chi connectivity index (χ0n) is 12.2. The van der Waals surface area contributed by atoms with E-state index in [1.807, 2.05) is 0 Å². The molecule has 1 unspecified atom stereocenters. The number of cyclic esters (lactones) is 1. The van der Waals surface area contributed by atoms with Crippen molar-refractivity contribution in [3.05, 3.63) is 58.1 Å². The first-order chi connectivity index (χ1) is 11.0. The number of ether oxygens (including phenoxy) is 2. The first-order valence-electron chi connectivity index (χ1n) is 6.91. The Morgan fingerprint density at radius 3 is 2.61 bits per heavy atom.